The van der Waals surface area contributed by atoms with Crippen molar-refractivity contribution in [1.82, 2.24) is 20.0 Å². The van der Waals surface area contributed by atoms with Crippen LogP contribution in [0.25, 0.3) is 11.0 Å². The van der Waals surface area contributed by atoms with Gasteiger partial charge < -0.3 is 35.0 Å². The van der Waals surface area contributed by atoms with E-state index in [-0.39, 0.29) is 12.4 Å². The van der Waals surface area contributed by atoms with E-state index >= 15 is 0 Å². The molecule has 11 heteroatoms. The summed E-state index contributed by atoms with van der Waals surface area (Å²) in [4.78, 5) is 7.17. The van der Waals surface area contributed by atoms with Crippen LogP contribution in [0.1, 0.15) is 17.9 Å². The summed E-state index contributed by atoms with van der Waals surface area (Å²) in [5.74, 6) is 0. The molecular formula is C18H21Cl2N5O4. The first-order valence-electron chi connectivity index (χ1n) is 8.71. The second kappa shape index (κ2) is 8.70. The van der Waals surface area contributed by atoms with E-state index in [0.717, 1.165) is 0 Å². The van der Waals surface area contributed by atoms with Crippen molar-refractivity contribution in [3.05, 3.63) is 58.9 Å². The number of aromatic amines is 1. The fourth-order valence-corrected chi connectivity index (χ4v) is 3.56. The highest BCUT2D eigenvalue weighted by Crippen LogP contribution is 2.37. The molecule has 1 aromatic carbocycles. The molecule has 0 radical (unpaired) electrons. The van der Waals surface area contributed by atoms with E-state index in [0.29, 0.717) is 27.1 Å². The molecule has 0 unspecified atom stereocenters. The molecule has 156 valence electrons. The predicted molar refractivity (Wildman–Crippen MR) is 108 cm³/mol. The molecule has 1 fully saturated rings. The molecule has 0 amide bonds. The number of aliphatic hydroxyl groups excluding tert-OH is 3. The molecule has 5 N–H and O–H groups in total. The number of aliphatic hydroxyl groups is 3. The Hall–Kier alpha value is -2.14. The number of hydrogen-bond donors (Lipinski definition) is 5. The Bertz CT molecular complexity index is 1040. The van der Waals surface area contributed by atoms with Gasteiger partial charge in [0.25, 0.3) is 0 Å². The van der Waals surface area contributed by atoms with Gasteiger partial charge in [-0.05, 0) is 23.8 Å². The van der Waals surface area contributed by atoms with Gasteiger partial charge in [0, 0.05) is 18.3 Å². The average molecular weight is 442 g/mol. The van der Waals surface area contributed by atoms with Crippen molar-refractivity contribution in [2.24, 2.45) is 5.10 Å². The molecule has 2 aromatic heterocycles. The van der Waals surface area contributed by atoms with E-state index in [1.165, 1.54) is 6.33 Å². The first kappa shape index (κ1) is 21.6. The fraction of sp³-hybridized carbons (Fsp3) is 0.333. The maximum Gasteiger partial charge on any atom is 0.184 e. The van der Waals surface area contributed by atoms with Crippen LogP contribution in [-0.2, 0) is 4.74 Å². The Morgan fingerprint density at radius 3 is 2.66 bits per heavy atom. The van der Waals surface area contributed by atoms with E-state index in [9.17, 15) is 15.3 Å². The van der Waals surface area contributed by atoms with E-state index in [1.807, 2.05) is 0 Å². The molecule has 0 aliphatic carbocycles. The quantitative estimate of drug-likeness (QED) is 0.381. The minimum atomic E-state index is -1.28. The number of hydrogen-bond acceptors (Lipinski definition) is 7. The smallest absolute Gasteiger partial charge is 0.184 e. The number of ether oxygens (including phenoxy) is 1. The lowest BCUT2D eigenvalue weighted by molar-refractivity contribution is -0.0848. The summed E-state index contributed by atoms with van der Waals surface area (Å²) < 4.78 is 7.53. The molecule has 1 saturated heterocycles. The van der Waals surface area contributed by atoms with Crippen LogP contribution >= 0.6 is 24.0 Å². The molecule has 1 aliphatic heterocycles. The molecule has 3 aromatic rings. The monoisotopic (exact) mass is 441 g/mol. The van der Waals surface area contributed by atoms with Crippen molar-refractivity contribution in [2.45, 2.75) is 30.6 Å². The summed E-state index contributed by atoms with van der Waals surface area (Å²) in [7, 11) is 1.67. The van der Waals surface area contributed by atoms with Crippen LogP contribution in [0.2, 0.25) is 5.02 Å². The highest BCUT2D eigenvalue weighted by atomic mass is 35.5. The molecule has 5 atom stereocenters. The number of fused-ring (bicyclic) bond motifs is 1. The van der Waals surface area contributed by atoms with Crippen molar-refractivity contribution >= 4 is 35.0 Å². The van der Waals surface area contributed by atoms with Gasteiger partial charge in [-0.15, -0.1) is 12.4 Å². The molecular weight excluding hydrogens is 421 g/mol. The van der Waals surface area contributed by atoms with Crippen LogP contribution in [0.5, 0.6) is 0 Å². The summed E-state index contributed by atoms with van der Waals surface area (Å²) in [5, 5.41) is 37.1. The van der Waals surface area contributed by atoms with E-state index < -0.39 is 30.6 Å². The Kier molecular flexibility index (Phi) is 6.47. The van der Waals surface area contributed by atoms with Crippen molar-refractivity contribution in [3.8, 4) is 0 Å². The van der Waals surface area contributed by atoms with Crippen molar-refractivity contribution in [3.63, 3.8) is 0 Å². The third-order valence-electron chi connectivity index (χ3n) is 4.83. The second-order valence-corrected chi connectivity index (χ2v) is 6.95. The van der Waals surface area contributed by atoms with Crippen LogP contribution in [0.3, 0.4) is 0 Å². The van der Waals surface area contributed by atoms with Gasteiger partial charge in [0.05, 0.1) is 11.7 Å². The molecule has 3 heterocycles. The molecule has 0 saturated carbocycles. The van der Waals surface area contributed by atoms with Crippen LogP contribution in [0.4, 0.5) is 0 Å². The van der Waals surface area contributed by atoms with Gasteiger partial charge in [0.1, 0.15) is 30.1 Å². The SMILES string of the molecule is CN/N=c1/nc[nH]c2c1ccn2[C@@H]1O[C@H]([C@H](O)c2ccc(Cl)cc2)[C@@H](O)[C@H]1O.Cl. The number of nitrogens with one attached hydrogen (secondary N) is 2. The molecule has 4 rings (SSSR count). The van der Waals surface area contributed by atoms with Crippen molar-refractivity contribution < 1.29 is 20.1 Å². The Morgan fingerprint density at radius 2 is 1.97 bits per heavy atom. The van der Waals surface area contributed by atoms with Crippen LogP contribution < -0.4 is 10.9 Å². The average Bonchev–Trinajstić information content (AvgIpc) is 3.25. The number of nitrogens with zero attached hydrogens (tertiary/aromatic N) is 3. The van der Waals surface area contributed by atoms with Gasteiger partial charge in [-0.1, -0.05) is 23.7 Å². The van der Waals surface area contributed by atoms with Gasteiger partial charge in [-0.25, -0.2) is 4.98 Å². The first-order chi connectivity index (χ1) is 13.5. The zero-order valence-corrected chi connectivity index (χ0v) is 16.9. The highest BCUT2D eigenvalue weighted by Gasteiger charge is 2.47. The lowest BCUT2D eigenvalue weighted by Crippen LogP contribution is -2.34. The summed E-state index contributed by atoms with van der Waals surface area (Å²) in [6, 6.07) is 8.37. The Morgan fingerprint density at radius 1 is 1.24 bits per heavy atom. The fourth-order valence-electron chi connectivity index (χ4n) is 3.44. The lowest BCUT2D eigenvalue weighted by atomic mass is 9.99. The summed E-state index contributed by atoms with van der Waals surface area (Å²) in [6.07, 6.45) is -2.39. The largest absolute Gasteiger partial charge is 0.387 e. The lowest BCUT2D eigenvalue weighted by Gasteiger charge is -2.21. The van der Waals surface area contributed by atoms with E-state index in [1.54, 1.807) is 48.1 Å². The summed E-state index contributed by atoms with van der Waals surface area (Å²) in [6.45, 7) is 0. The number of H-pyrrole nitrogens is 1. The number of benzene rings is 1. The molecule has 1 aliphatic rings. The second-order valence-electron chi connectivity index (χ2n) is 6.52. The van der Waals surface area contributed by atoms with E-state index in [2.05, 4.69) is 20.5 Å². The van der Waals surface area contributed by atoms with Gasteiger partial charge >= 0.3 is 0 Å². The normalized spacial score (nSPS) is 25.8. The Balaban J connectivity index is 0.00000240. The number of halogens is 2. The van der Waals surface area contributed by atoms with Gasteiger partial charge in [-0.2, -0.15) is 5.10 Å². The van der Waals surface area contributed by atoms with E-state index in [4.69, 9.17) is 16.3 Å². The van der Waals surface area contributed by atoms with Crippen LogP contribution in [-0.4, -0.2) is 55.2 Å². The zero-order chi connectivity index (χ0) is 19.8. The minimum Gasteiger partial charge on any atom is -0.387 e. The molecule has 29 heavy (non-hydrogen) atoms. The zero-order valence-electron chi connectivity index (χ0n) is 15.3. The highest BCUT2D eigenvalue weighted by molar-refractivity contribution is 6.30. The first-order valence-corrected chi connectivity index (χ1v) is 9.09. The maximum absolute atomic E-state index is 10.7. The Labute approximate surface area is 177 Å². The number of rotatable bonds is 4. The van der Waals surface area contributed by atoms with Crippen LogP contribution in [0, 0.1) is 0 Å². The summed E-state index contributed by atoms with van der Waals surface area (Å²) in [5.41, 5.74) is 4.31. The molecule has 0 bridgehead atoms. The third kappa shape index (κ3) is 3.85. The van der Waals surface area contributed by atoms with Crippen molar-refractivity contribution in [1.29, 1.82) is 0 Å². The maximum atomic E-state index is 10.7. The predicted octanol–water partition coefficient (Wildman–Crippen LogP) is 0.827. The molecule has 0 spiro atoms. The summed E-state index contributed by atoms with van der Waals surface area (Å²) >= 11 is 5.88. The minimum absolute atomic E-state index is 0. The number of aromatic nitrogens is 3. The van der Waals surface area contributed by atoms with Gasteiger partial charge in [-0.3, -0.25) is 0 Å². The molecule has 9 nitrogen and oxygen atoms in total. The van der Waals surface area contributed by atoms with Gasteiger partial charge in [0.2, 0.25) is 0 Å². The topological polar surface area (TPSA) is 128 Å². The standard InChI is InChI=1S/C18H20ClN5O4.ClH/c1-20-23-16-11-6-7-24(17(11)22-8-21-16)18-14(27)13(26)15(28-18)12(25)9-2-4-10(19)5-3-9;/h2-8,12-15,18,20,25-27H,1H3,(H,21,22,23);1H/t12-,13+,14-,15-,18-;/m1./s1. The van der Waals surface area contributed by atoms with Gasteiger partial charge in [0.15, 0.2) is 11.7 Å². The third-order valence-corrected chi connectivity index (χ3v) is 5.09. The van der Waals surface area contributed by atoms with Crippen molar-refractivity contribution in [2.75, 3.05) is 7.05 Å². The van der Waals surface area contributed by atoms with Crippen LogP contribution in [0.15, 0.2) is 48.0 Å².